The first-order chi connectivity index (χ1) is 8.49. The van der Waals surface area contributed by atoms with E-state index in [2.05, 4.69) is 18.7 Å². The average molecular weight is 248 g/mol. The Hall–Kier alpha value is -1.71. The van der Waals surface area contributed by atoms with Gasteiger partial charge in [-0.15, -0.1) is 0 Å². The summed E-state index contributed by atoms with van der Waals surface area (Å²) in [6.45, 7) is 6.46. The molecule has 2 rings (SSSR count). The molecule has 1 aromatic carbocycles. The predicted octanol–water partition coefficient (Wildman–Crippen LogP) is 2.45. The third kappa shape index (κ3) is 2.42. The fourth-order valence-corrected chi connectivity index (χ4v) is 2.49. The molecule has 98 valence electrons. The molecule has 0 radical (unpaired) electrons. The van der Waals surface area contributed by atoms with Crippen molar-refractivity contribution in [3.05, 3.63) is 23.8 Å². The Morgan fingerprint density at radius 1 is 1.50 bits per heavy atom. The summed E-state index contributed by atoms with van der Waals surface area (Å²) >= 11 is 0. The van der Waals surface area contributed by atoms with Crippen LogP contribution in [0.5, 0.6) is 0 Å². The zero-order valence-electron chi connectivity index (χ0n) is 10.9. The number of hydrogen-bond acceptors (Lipinski definition) is 3. The molecule has 0 saturated carbocycles. The van der Waals surface area contributed by atoms with Crippen molar-refractivity contribution in [2.75, 3.05) is 23.7 Å². The summed E-state index contributed by atoms with van der Waals surface area (Å²) in [5, 5.41) is 9.07. The third-order valence-electron chi connectivity index (χ3n) is 3.80. The lowest BCUT2D eigenvalue weighted by atomic mass is 9.95. The van der Waals surface area contributed by atoms with E-state index >= 15 is 0 Å². The Kier molecular flexibility index (Phi) is 3.45. The molecule has 18 heavy (non-hydrogen) atoms. The highest BCUT2D eigenvalue weighted by Gasteiger charge is 2.25. The molecular formula is C14H20N2O2. The second-order valence-electron chi connectivity index (χ2n) is 5.32. The number of nitrogen functional groups attached to an aromatic ring is 1. The van der Waals surface area contributed by atoms with Crippen LogP contribution >= 0.6 is 0 Å². The van der Waals surface area contributed by atoms with Gasteiger partial charge < -0.3 is 15.7 Å². The molecule has 0 aromatic heterocycles. The molecular weight excluding hydrogens is 228 g/mol. The summed E-state index contributed by atoms with van der Waals surface area (Å²) in [7, 11) is 0. The summed E-state index contributed by atoms with van der Waals surface area (Å²) < 4.78 is 0. The molecule has 1 aliphatic rings. The van der Waals surface area contributed by atoms with E-state index in [1.165, 1.54) is 6.42 Å². The van der Waals surface area contributed by atoms with Gasteiger partial charge in [0.05, 0.1) is 5.56 Å². The van der Waals surface area contributed by atoms with Crippen LogP contribution in [0.25, 0.3) is 0 Å². The zero-order valence-corrected chi connectivity index (χ0v) is 10.9. The average Bonchev–Trinajstić information content (AvgIpc) is 2.78. The van der Waals surface area contributed by atoms with Crippen LogP contribution in [0.2, 0.25) is 0 Å². The van der Waals surface area contributed by atoms with Crippen molar-refractivity contribution in [2.45, 2.75) is 20.3 Å². The van der Waals surface area contributed by atoms with Crippen LogP contribution in [-0.4, -0.2) is 24.2 Å². The van der Waals surface area contributed by atoms with Crippen LogP contribution < -0.4 is 10.6 Å². The van der Waals surface area contributed by atoms with E-state index in [-0.39, 0.29) is 5.56 Å². The lowest BCUT2D eigenvalue weighted by molar-refractivity contribution is 0.0698. The summed E-state index contributed by atoms with van der Waals surface area (Å²) in [5.74, 6) is 0.396. The van der Waals surface area contributed by atoms with Crippen molar-refractivity contribution < 1.29 is 9.90 Å². The highest BCUT2D eigenvalue weighted by molar-refractivity contribution is 5.94. The molecule has 0 amide bonds. The number of anilines is 2. The maximum Gasteiger partial charge on any atom is 0.337 e. The maximum atomic E-state index is 11.1. The fraction of sp³-hybridized carbons (Fsp3) is 0.500. The first kappa shape index (κ1) is 12.7. The predicted molar refractivity (Wildman–Crippen MR) is 73.0 cm³/mol. The highest BCUT2D eigenvalue weighted by Crippen LogP contribution is 2.29. The third-order valence-corrected chi connectivity index (χ3v) is 3.80. The summed E-state index contributed by atoms with van der Waals surface area (Å²) in [6, 6.07) is 5.27. The van der Waals surface area contributed by atoms with Gasteiger partial charge in [-0.3, -0.25) is 0 Å². The number of benzene rings is 1. The number of carbonyl (C=O) groups is 1. The molecule has 1 aliphatic heterocycles. The monoisotopic (exact) mass is 248 g/mol. The van der Waals surface area contributed by atoms with Crippen LogP contribution in [-0.2, 0) is 0 Å². The first-order valence-electron chi connectivity index (χ1n) is 6.37. The Labute approximate surface area is 107 Å². The van der Waals surface area contributed by atoms with Crippen LogP contribution in [0.15, 0.2) is 18.2 Å². The van der Waals surface area contributed by atoms with Crippen molar-refractivity contribution >= 4 is 17.3 Å². The Morgan fingerprint density at radius 3 is 2.78 bits per heavy atom. The number of carboxylic acid groups (broad SMARTS) is 1. The van der Waals surface area contributed by atoms with E-state index in [4.69, 9.17) is 10.8 Å². The lowest BCUT2D eigenvalue weighted by Crippen LogP contribution is -2.21. The molecule has 1 unspecified atom stereocenters. The summed E-state index contributed by atoms with van der Waals surface area (Å²) in [4.78, 5) is 13.3. The Bertz CT molecular complexity index is 457. The topological polar surface area (TPSA) is 66.6 Å². The minimum Gasteiger partial charge on any atom is -0.478 e. The molecule has 1 aromatic rings. The Morgan fingerprint density at radius 2 is 2.22 bits per heavy atom. The van der Waals surface area contributed by atoms with Crippen LogP contribution in [0.4, 0.5) is 11.4 Å². The first-order valence-corrected chi connectivity index (χ1v) is 6.37. The minimum atomic E-state index is -0.964. The summed E-state index contributed by atoms with van der Waals surface area (Å²) in [5.41, 5.74) is 7.15. The van der Waals surface area contributed by atoms with Gasteiger partial charge in [-0.05, 0) is 36.5 Å². The quantitative estimate of drug-likeness (QED) is 0.806. The molecule has 1 saturated heterocycles. The van der Waals surface area contributed by atoms with Gasteiger partial charge in [0.1, 0.15) is 0 Å². The van der Waals surface area contributed by atoms with Gasteiger partial charge in [0.15, 0.2) is 0 Å². The fourth-order valence-electron chi connectivity index (χ4n) is 2.49. The number of hydrogen-bond donors (Lipinski definition) is 2. The molecule has 3 N–H and O–H groups in total. The van der Waals surface area contributed by atoms with Crippen LogP contribution in [0, 0.1) is 11.8 Å². The van der Waals surface area contributed by atoms with E-state index in [1.54, 1.807) is 12.1 Å². The largest absolute Gasteiger partial charge is 0.478 e. The van der Waals surface area contributed by atoms with Crippen molar-refractivity contribution in [2.24, 2.45) is 11.8 Å². The molecule has 4 nitrogen and oxygen atoms in total. The molecule has 0 bridgehead atoms. The van der Waals surface area contributed by atoms with Gasteiger partial charge >= 0.3 is 5.97 Å². The second kappa shape index (κ2) is 4.88. The van der Waals surface area contributed by atoms with E-state index in [0.717, 1.165) is 18.8 Å². The van der Waals surface area contributed by atoms with E-state index in [9.17, 15) is 4.79 Å². The highest BCUT2D eigenvalue weighted by atomic mass is 16.4. The molecule has 0 spiro atoms. The second-order valence-corrected chi connectivity index (χ2v) is 5.32. The van der Waals surface area contributed by atoms with Gasteiger partial charge in [0.2, 0.25) is 0 Å². The van der Waals surface area contributed by atoms with Crippen molar-refractivity contribution in [1.29, 1.82) is 0 Å². The normalized spacial score (nSPS) is 19.5. The van der Waals surface area contributed by atoms with Gasteiger partial charge in [0.25, 0.3) is 0 Å². The minimum absolute atomic E-state index is 0.195. The van der Waals surface area contributed by atoms with Crippen molar-refractivity contribution in [3.63, 3.8) is 0 Å². The van der Waals surface area contributed by atoms with Crippen molar-refractivity contribution in [1.82, 2.24) is 0 Å². The molecule has 1 atom stereocenters. The number of carboxylic acids is 1. The van der Waals surface area contributed by atoms with E-state index in [1.807, 2.05) is 6.07 Å². The van der Waals surface area contributed by atoms with Crippen LogP contribution in [0.3, 0.4) is 0 Å². The standard InChI is InChI=1S/C14H20N2O2/c1-9(2)10-5-6-16(8-10)11-3-4-13(15)12(7-11)14(17)18/h3-4,7,9-10H,5-6,8,15H2,1-2H3,(H,17,18). The summed E-state index contributed by atoms with van der Waals surface area (Å²) in [6.07, 6.45) is 1.17. The Balaban J connectivity index is 2.20. The lowest BCUT2D eigenvalue weighted by Gasteiger charge is -2.20. The van der Waals surface area contributed by atoms with Gasteiger partial charge in [-0.1, -0.05) is 13.8 Å². The molecule has 4 heteroatoms. The SMILES string of the molecule is CC(C)C1CCN(c2ccc(N)c(C(=O)O)c2)C1. The van der Waals surface area contributed by atoms with E-state index < -0.39 is 5.97 Å². The zero-order chi connectivity index (χ0) is 13.3. The van der Waals surface area contributed by atoms with Crippen molar-refractivity contribution in [3.8, 4) is 0 Å². The van der Waals surface area contributed by atoms with Gasteiger partial charge in [-0.2, -0.15) is 0 Å². The van der Waals surface area contributed by atoms with E-state index in [0.29, 0.717) is 17.5 Å². The number of aromatic carboxylic acids is 1. The number of nitrogens with two attached hydrogens (primary N) is 1. The molecule has 0 aliphatic carbocycles. The number of nitrogens with zero attached hydrogens (tertiary/aromatic N) is 1. The van der Waals surface area contributed by atoms with Gasteiger partial charge in [0, 0.05) is 24.5 Å². The maximum absolute atomic E-state index is 11.1. The molecule has 1 fully saturated rings. The molecule has 1 heterocycles. The van der Waals surface area contributed by atoms with Crippen LogP contribution in [0.1, 0.15) is 30.6 Å². The number of rotatable bonds is 3. The van der Waals surface area contributed by atoms with Gasteiger partial charge in [-0.25, -0.2) is 4.79 Å². The smallest absolute Gasteiger partial charge is 0.337 e.